The summed E-state index contributed by atoms with van der Waals surface area (Å²) in [6, 6.07) is 14.7. The summed E-state index contributed by atoms with van der Waals surface area (Å²) in [5.74, 6) is -0.454. The summed E-state index contributed by atoms with van der Waals surface area (Å²) in [6.45, 7) is 3.65. The van der Waals surface area contributed by atoms with Gasteiger partial charge in [0.2, 0.25) is 5.91 Å². The van der Waals surface area contributed by atoms with Crippen LogP contribution >= 0.6 is 22.9 Å². The molecule has 0 bridgehead atoms. The second-order valence-electron chi connectivity index (χ2n) is 5.92. The van der Waals surface area contributed by atoms with Crippen LogP contribution in [0.2, 0.25) is 5.02 Å². The summed E-state index contributed by atoms with van der Waals surface area (Å²) >= 11 is 7.70. The minimum absolute atomic E-state index is 0.0731. The number of nitrogens with one attached hydrogen (secondary N) is 2. The van der Waals surface area contributed by atoms with E-state index in [4.69, 9.17) is 11.6 Å². The SMILES string of the molecule is CC(C)C(=O)Nc1cccc(NC(=O)c2sc3ccccc3c2Cl)c1. The molecule has 0 saturated carbocycles. The maximum Gasteiger partial charge on any atom is 0.267 e. The molecular formula is C19H17ClN2O2S. The van der Waals surface area contributed by atoms with Crippen molar-refractivity contribution in [2.24, 2.45) is 5.92 Å². The van der Waals surface area contributed by atoms with Crippen LogP contribution < -0.4 is 10.6 Å². The molecule has 2 amide bonds. The maximum atomic E-state index is 12.6. The summed E-state index contributed by atoms with van der Waals surface area (Å²) < 4.78 is 0.968. The Labute approximate surface area is 154 Å². The predicted molar refractivity (Wildman–Crippen MR) is 105 cm³/mol. The molecule has 0 atom stereocenters. The Morgan fingerprint density at radius 2 is 1.68 bits per heavy atom. The van der Waals surface area contributed by atoms with E-state index in [1.165, 1.54) is 11.3 Å². The fourth-order valence-corrected chi connectivity index (χ4v) is 3.72. The number of carbonyl (C=O) groups is 2. The average Bonchev–Trinajstić information content (AvgIpc) is 2.92. The average molecular weight is 373 g/mol. The number of anilines is 2. The Kier molecular flexibility index (Phi) is 5.06. The van der Waals surface area contributed by atoms with Gasteiger partial charge in [0.25, 0.3) is 5.91 Å². The largest absolute Gasteiger partial charge is 0.326 e. The van der Waals surface area contributed by atoms with E-state index in [9.17, 15) is 9.59 Å². The molecule has 0 aliphatic rings. The van der Waals surface area contributed by atoms with Crippen LogP contribution in [0.3, 0.4) is 0 Å². The third kappa shape index (κ3) is 3.83. The first kappa shape index (κ1) is 17.5. The number of hydrogen-bond donors (Lipinski definition) is 2. The van der Waals surface area contributed by atoms with Gasteiger partial charge in [-0.05, 0) is 24.3 Å². The Bertz CT molecular complexity index is 950. The van der Waals surface area contributed by atoms with Gasteiger partial charge in [-0.3, -0.25) is 9.59 Å². The number of halogens is 1. The van der Waals surface area contributed by atoms with Crippen molar-refractivity contribution in [1.82, 2.24) is 0 Å². The first-order valence-corrected chi connectivity index (χ1v) is 9.04. The van der Waals surface area contributed by atoms with Crippen LogP contribution in [-0.4, -0.2) is 11.8 Å². The predicted octanol–water partition coefficient (Wildman–Crippen LogP) is 5.40. The third-order valence-corrected chi connectivity index (χ3v) is 5.33. The zero-order valence-electron chi connectivity index (χ0n) is 13.8. The molecule has 0 aliphatic carbocycles. The molecular weight excluding hydrogens is 356 g/mol. The van der Waals surface area contributed by atoms with Crippen LogP contribution in [0.4, 0.5) is 11.4 Å². The molecule has 0 aliphatic heterocycles. The summed E-state index contributed by atoms with van der Waals surface area (Å²) in [4.78, 5) is 24.8. The van der Waals surface area contributed by atoms with Crippen molar-refractivity contribution in [3.8, 4) is 0 Å². The summed E-state index contributed by atoms with van der Waals surface area (Å²) in [7, 11) is 0. The van der Waals surface area contributed by atoms with Gasteiger partial charge in [-0.1, -0.05) is 49.7 Å². The van der Waals surface area contributed by atoms with Crippen molar-refractivity contribution >= 4 is 56.2 Å². The molecule has 0 unspecified atom stereocenters. The standard InChI is InChI=1S/C19H17ClN2O2S/c1-11(2)18(23)21-12-6-5-7-13(10-12)22-19(24)17-16(20)14-8-3-4-9-15(14)25-17/h3-11H,1-2H3,(H,21,23)(H,22,24). The molecule has 0 fully saturated rings. The normalized spacial score (nSPS) is 10.9. The number of thiophene rings is 1. The third-order valence-electron chi connectivity index (χ3n) is 3.65. The second kappa shape index (κ2) is 7.25. The van der Waals surface area contributed by atoms with Crippen molar-refractivity contribution in [2.45, 2.75) is 13.8 Å². The maximum absolute atomic E-state index is 12.6. The van der Waals surface area contributed by atoms with Crippen LogP contribution in [0.25, 0.3) is 10.1 Å². The molecule has 3 rings (SSSR count). The molecule has 2 N–H and O–H groups in total. The first-order chi connectivity index (χ1) is 12.0. The van der Waals surface area contributed by atoms with Gasteiger partial charge < -0.3 is 10.6 Å². The first-order valence-electron chi connectivity index (χ1n) is 7.85. The van der Waals surface area contributed by atoms with Gasteiger partial charge in [0.05, 0.1) is 5.02 Å². The van der Waals surface area contributed by atoms with Gasteiger partial charge in [-0.2, -0.15) is 0 Å². The van der Waals surface area contributed by atoms with Gasteiger partial charge in [-0.25, -0.2) is 0 Å². The highest BCUT2D eigenvalue weighted by atomic mass is 35.5. The van der Waals surface area contributed by atoms with E-state index in [1.807, 2.05) is 38.1 Å². The van der Waals surface area contributed by atoms with E-state index in [0.717, 1.165) is 10.1 Å². The molecule has 4 nitrogen and oxygen atoms in total. The number of amides is 2. The number of fused-ring (bicyclic) bond motifs is 1. The van der Waals surface area contributed by atoms with Crippen LogP contribution in [0.15, 0.2) is 48.5 Å². The fraction of sp³-hybridized carbons (Fsp3) is 0.158. The molecule has 0 spiro atoms. The van der Waals surface area contributed by atoms with Crippen molar-refractivity contribution in [1.29, 1.82) is 0 Å². The van der Waals surface area contributed by atoms with Gasteiger partial charge in [-0.15, -0.1) is 11.3 Å². The zero-order valence-corrected chi connectivity index (χ0v) is 15.4. The summed E-state index contributed by atoms with van der Waals surface area (Å²) in [6.07, 6.45) is 0. The van der Waals surface area contributed by atoms with Crippen LogP contribution in [0, 0.1) is 5.92 Å². The lowest BCUT2D eigenvalue weighted by Crippen LogP contribution is -2.18. The Morgan fingerprint density at radius 1 is 1.00 bits per heavy atom. The van der Waals surface area contributed by atoms with Crippen molar-refractivity contribution in [3.05, 3.63) is 58.4 Å². The quantitative estimate of drug-likeness (QED) is 0.644. The van der Waals surface area contributed by atoms with Gasteiger partial charge in [0, 0.05) is 27.4 Å². The number of rotatable bonds is 4. The molecule has 1 heterocycles. The van der Waals surface area contributed by atoms with Crippen molar-refractivity contribution in [3.63, 3.8) is 0 Å². The minimum atomic E-state index is -0.265. The van der Waals surface area contributed by atoms with E-state index < -0.39 is 0 Å². The van der Waals surface area contributed by atoms with Crippen molar-refractivity contribution in [2.75, 3.05) is 10.6 Å². The fourth-order valence-electron chi connectivity index (χ4n) is 2.31. The van der Waals surface area contributed by atoms with E-state index in [-0.39, 0.29) is 17.7 Å². The molecule has 0 saturated heterocycles. The smallest absolute Gasteiger partial charge is 0.267 e. The van der Waals surface area contributed by atoms with E-state index in [0.29, 0.717) is 21.3 Å². The minimum Gasteiger partial charge on any atom is -0.326 e. The van der Waals surface area contributed by atoms with E-state index in [1.54, 1.807) is 24.3 Å². The van der Waals surface area contributed by atoms with E-state index >= 15 is 0 Å². The Hall–Kier alpha value is -2.37. The summed E-state index contributed by atoms with van der Waals surface area (Å²) in [5, 5.41) is 6.99. The molecule has 1 aromatic heterocycles. The number of hydrogen-bond acceptors (Lipinski definition) is 3. The lowest BCUT2D eigenvalue weighted by Gasteiger charge is -2.10. The second-order valence-corrected chi connectivity index (χ2v) is 7.35. The molecule has 0 radical (unpaired) electrons. The van der Waals surface area contributed by atoms with Gasteiger partial charge in [0.15, 0.2) is 0 Å². The highest BCUT2D eigenvalue weighted by molar-refractivity contribution is 7.21. The monoisotopic (exact) mass is 372 g/mol. The number of benzene rings is 2. The molecule has 3 aromatic rings. The topological polar surface area (TPSA) is 58.2 Å². The Balaban J connectivity index is 1.80. The van der Waals surface area contributed by atoms with Crippen LogP contribution in [0.1, 0.15) is 23.5 Å². The van der Waals surface area contributed by atoms with Crippen molar-refractivity contribution < 1.29 is 9.59 Å². The molecule has 25 heavy (non-hydrogen) atoms. The van der Waals surface area contributed by atoms with Crippen LogP contribution in [0.5, 0.6) is 0 Å². The highest BCUT2D eigenvalue weighted by Crippen LogP contribution is 2.35. The lowest BCUT2D eigenvalue weighted by atomic mass is 10.2. The lowest BCUT2D eigenvalue weighted by molar-refractivity contribution is -0.118. The molecule has 128 valence electrons. The van der Waals surface area contributed by atoms with Gasteiger partial charge in [0.1, 0.15) is 4.88 Å². The zero-order chi connectivity index (χ0) is 18.0. The molecule has 6 heteroatoms. The van der Waals surface area contributed by atoms with E-state index in [2.05, 4.69) is 10.6 Å². The number of carbonyl (C=O) groups excluding carboxylic acids is 2. The van der Waals surface area contributed by atoms with Gasteiger partial charge >= 0.3 is 0 Å². The highest BCUT2D eigenvalue weighted by Gasteiger charge is 2.17. The summed E-state index contributed by atoms with van der Waals surface area (Å²) in [5.41, 5.74) is 1.24. The Morgan fingerprint density at radius 3 is 2.36 bits per heavy atom. The van der Waals surface area contributed by atoms with Crippen LogP contribution in [-0.2, 0) is 4.79 Å². The molecule has 2 aromatic carbocycles.